The fourth-order valence-electron chi connectivity index (χ4n) is 3.61. The number of sulfonamides is 1. The molecule has 0 saturated carbocycles. The summed E-state index contributed by atoms with van der Waals surface area (Å²) in [5.41, 5.74) is 4.00. The lowest BCUT2D eigenvalue weighted by Gasteiger charge is -2.15. The number of nitrogens with zero attached hydrogens (tertiary/aromatic N) is 3. The van der Waals surface area contributed by atoms with E-state index in [2.05, 4.69) is 0 Å². The molecule has 1 aliphatic rings. The minimum Gasteiger partial charge on any atom is -0.454 e. The first kappa shape index (κ1) is 24.4. The van der Waals surface area contributed by atoms with Gasteiger partial charge in [0.2, 0.25) is 15.8 Å². The van der Waals surface area contributed by atoms with Gasteiger partial charge in [0.15, 0.2) is 6.61 Å². The molecule has 1 aromatic carbocycles. The van der Waals surface area contributed by atoms with Gasteiger partial charge in [-0.1, -0.05) is 6.92 Å². The van der Waals surface area contributed by atoms with Crippen LogP contribution in [-0.4, -0.2) is 53.3 Å². The molecule has 0 aliphatic carbocycles. The van der Waals surface area contributed by atoms with E-state index in [0.29, 0.717) is 19.5 Å². The van der Waals surface area contributed by atoms with Gasteiger partial charge in [-0.2, -0.15) is 4.31 Å². The molecule has 1 aliphatic heterocycles. The van der Waals surface area contributed by atoms with Crippen LogP contribution in [0.3, 0.4) is 0 Å². The molecule has 0 unspecified atom stereocenters. The van der Waals surface area contributed by atoms with E-state index in [0.717, 1.165) is 22.0 Å². The fraction of sp³-hybridized carbons (Fsp3) is 0.429. The molecule has 178 valence electrons. The topological polar surface area (TPSA) is 151 Å². The van der Waals surface area contributed by atoms with Crippen molar-refractivity contribution in [2.75, 3.05) is 25.4 Å². The highest BCUT2D eigenvalue weighted by Crippen LogP contribution is 2.21. The van der Waals surface area contributed by atoms with Gasteiger partial charge in [-0.25, -0.2) is 18.0 Å². The Morgan fingerprint density at radius 3 is 2.27 bits per heavy atom. The second-order valence-electron chi connectivity index (χ2n) is 7.69. The summed E-state index contributed by atoms with van der Waals surface area (Å²) in [4.78, 5) is 49.6. The van der Waals surface area contributed by atoms with Crippen LogP contribution in [0, 0.1) is 0 Å². The number of carbonyl (C=O) groups is 2. The van der Waals surface area contributed by atoms with Crippen LogP contribution in [-0.2, 0) is 28.4 Å². The van der Waals surface area contributed by atoms with E-state index in [9.17, 15) is 27.6 Å². The van der Waals surface area contributed by atoms with Gasteiger partial charge in [-0.05, 0) is 43.5 Å². The van der Waals surface area contributed by atoms with Crippen LogP contribution < -0.4 is 17.0 Å². The molecule has 0 amide bonds. The third-order valence-corrected chi connectivity index (χ3v) is 7.35. The van der Waals surface area contributed by atoms with Gasteiger partial charge in [-0.15, -0.1) is 0 Å². The number of esters is 1. The molecule has 1 saturated heterocycles. The molecule has 1 aromatic heterocycles. The van der Waals surface area contributed by atoms with Crippen LogP contribution in [0.15, 0.2) is 38.8 Å². The van der Waals surface area contributed by atoms with Crippen LogP contribution >= 0.6 is 0 Å². The van der Waals surface area contributed by atoms with Gasteiger partial charge in [-0.3, -0.25) is 18.7 Å². The highest BCUT2D eigenvalue weighted by molar-refractivity contribution is 7.89. The zero-order chi connectivity index (χ0) is 24.3. The lowest BCUT2D eigenvalue weighted by atomic mass is 10.2. The summed E-state index contributed by atoms with van der Waals surface area (Å²) in [5.74, 6) is -1.99. The molecule has 11 nitrogen and oxygen atoms in total. The van der Waals surface area contributed by atoms with Gasteiger partial charge in [0.1, 0.15) is 11.4 Å². The number of hydrogen-bond donors (Lipinski definition) is 1. The smallest absolute Gasteiger partial charge is 0.338 e. The van der Waals surface area contributed by atoms with Crippen molar-refractivity contribution in [2.45, 2.75) is 37.6 Å². The van der Waals surface area contributed by atoms with Crippen LogP contribution in [0.2, 0.25) is 0 Å². The van der Waals surface area contributed by atoms with Crippen LogP contribution in [0.25, 0.3) is 0 Å². The second-order valence-corrected chi connectivity index (χ2v) is 9.63. The zero-order valence-corrected chi connectivity index (χ0v) is 19.3. The normalized spacial score (nSPS) is 14.4. The fourth-order valence-corrected chi connectivity index (χ4v) is 5.13. The van der Waals surface area contributed by atoms with Crippen molar-refractivity contribution in [1.82, 2.24) is 13.4 Å². The summed E-state index contributed by atoms with van der Waals surface area (Å²) >= 11 is 0. The number of ketones is 1. The molecular weight excluding hydrogens is 452 g/mol. The minimum atomic E-state index is -3.62. The summed E-state index contributed by atoms with van der Waals surface area (Å²) in [5, 5.41) is 0. The van der Waals surface area contributed by atoms with Crippen molar-refractivity contribution in [2.24, 2.45) is 7.05 Å². The molecule has 0 spiro atoms. The second kappa shape index (κ2) is 9.71. The van der Waals surface area contributed by atoms with Crippen molar-refractivity contribution in [1.29, 1.82) is 0 Å². The SMILES string of the molecule is CCCn1c(N)c(C(=O)COC(=O)c2ccc(S(=O)(=O)N3CCCC3)cc2)c(=O)n(C)c1=O. The Morgan fingerprint density at radius 1 is 1.09 bits per heavy atom. The van der Waals surface area contributed by atoms with Crippen molar-refractivity contribution in [3.8, 4) is 0 Å². The molecule has 2 N–H and O–H groups in total. The molecule has 0 atom stereocenters. The standard InChI is InChI=1S/C21H26N4O7S/c1-3-10-25-18(22)17(19(27)23(2)21(25)29)16(26)13-32-20(28)14-6-8-15(9-7-14)33(30,31)24-11-4-5-12-24/h6-9H,3-5,10-13,22H2,1-2H3. The molecular formula is C21H26N4O7S. The van der Waals surface area contributed by atoms with Gasteiger partial charge >= 0.3 is 11.7 Å². The third kappa shape index (κ3) is 4.76. The maximum Gasteiger partial charge on any atom is 0.338 e. The number of nitrogen functional groups attached to an aromatic ring is 1. The largest absolute Gasteiger partial charge is 0.454 e. The van der Waals surface area contributed by atoms with Gasteiger partial charge < -0.3 is 10.5 Å². The summed E-state index contributed by atoms with van der Waals surface area (Å²) < 4.78 is 33.4. The maximum absolute atomic E-state index is 12.6. The highest BCUT2D eigenvalue weighted by atomic mass is 32.2. The summed E-state index contributed by atoms with van der Waals surface area (Å²) in [6.45, 7) is 2.18. The van der Waals surface area contributed by atoms with Gasteiger partial charge in [0.25, 0.3) is 5.56 Å². The van der Waals surface area contributed by atoms with E-state index >= 15 is 0 Å². The Labute approximate surface area is 190 Å². The van der Waals surface area contributed by atoms with Crippen molar-refractivity contribution < 1.29 is 22.7 Å². The molecule has 12 heteroatoms. The molecule has 1 fully saturated rings. The molecule has 2 aromatic rings. The number of ether oxygens (including phenoxy) is 1. The number of carbonyl (C=O) groups excluding carboxylic acids is 2. The number of hydrogen-bond acceptors (Lipinski definition) is 8. The van der Waals surface area contributed by atoms with Crippen LogP contribution in [0.1, 0.15) is 46.9 Å². The van der Waals surface area contributed by atoms with Gasteiger partial charge in [0.05, 0.1) is 10.5 Å². The first-order chi connectivity index (χ1) is 15.6. The molecule has 0 radical (unpaired) electrons. The van der Waals surface area contributed by atoms with E-state index in [1.807, 2.05) is 6.92 Å². The lowest BCUT2D eigenvalue weighted by Crippen LogP contribution is -2.43. The Kier molecular flexibility index (Phi) is 7.18. The van der Waals surface area contributed by atoms with E-state index < -0.39 is 45.2 Å². The first-order valence-electron chi connectivity index (χ1n) is 10.5. The van der Waals surface area contributed by atoms with Crippen LogP contribution in [0.5, 0.6) is 0 Å². The van der Waals surface area contributed by atoms with E-state index in [1.54, 1.807) is 0 Å². The Hall–Kier alpha value is -3.25. The summed E-state index contributed by atoms with van der Waals surface area (Å²) in [6.07, 6.45) is 2.16. The first-order valence-corrected chi connectivity index (χ1v) is 11.9. The maximum atomic E-state index is 12.6. The quantitative estimate of drug-likeness (QED) is 0.422. The monoisotopic (exact) mass is 478 g/mol. The molecule has 2 heterocycles. The third-order valence-electron chi connectivity index (χ3n) is 5.44. The van der Waals surface area contributed by atoms with Crippen LogP contribution in [0.4, 0.5) is 5.82 Å². The Balaban J connectivity index is 1.74. The summed E-state index contributed by atoms with van der Waals surface area (Å²) in [7, 11) is -2.39. The predicted molar refractivity (Wildman–Crippen MR) is 120 cm³/mol. The number of Topliss-reactive ketones (excluding diaryl/α,β-unsaturated/α-hetero) is 1. The van der Waals surface area contributed by atoms with E-state index in [-0.39, 0.29) is 22.8 Å². The number of nitrogens with two attached hydrogens (primary N) is 1. The number of aromatic nitrogens is 2. The van der Waals surface area contributed by atoms with Crippen molar-refractivity contribution in [3.63, 3.8) is 0 Å². The Bertz CT molecular complexity index is 1290. The predicted octanol–water partition coefficient (Wildman–Crippen LogP) is 0.363. The number of rotatable bonds is 8. The average Bonchev–Trinajstić information content (AvgIpc) is 3.35. The minimum absolute atomic E-state index is 0.0417. The van der Waals surface area contributed by atoms with Crippen molar-refractivity contribution in [3.05, 3.63) is 56.2 Å². The zero-order valence-electron chi connectivity index (χ0n) is 18.4. The Morgan fingerprint density at radius 2 is 1.70 bits per heavy atom. The van der Waals surface area contributed by atoms with Gasteiger partial charge in [0, 0.05) is 26.7 Å². The molecule has 33 heavy (non-hydrogen) atoms. The number of benzene rings is 1. The van der Waals surface area contributed by atoms with E-state index in [1.165, 1.54) is 35.6 Å². The number of anilines is 1. The molecule has 0 bridgehead atoms. The van der Waals surface area contributed by atoms with Crippen molar-refractivity contribution >= 4 is 27.6 Å². The average molecular weight is 479 g/mol. The molecule has 3 rings (SSSR count). The summed E-state index contributed by atoms with van der Waals surface area (Å²) in [6, 6.07) is 5.20. The highest BCUT2D eigenvalue weighted by Gasteiger charge is 2.27. The lowest BCUT2D eigenvalue weighted by molar-refractivity contribution is 0.0474. The van der Waals surface area contributed by atoms with E-state index in [4.69, 9.17) is 10.5 Å².